The molecule has 0 radical (unpaired) electrons. The zero-order chi connectivity index (χ0) is 14.6. The smallest absolute Gasteiger partial charge is 0.408 e. The molecule has 0 saturated heterocycles. The van der Waals surface area contributed by atoms with Gasteiger partial charge in [0.15, 0.2) is 5.58 Å². The molecule has 0 bridgehead atoms. The van der Waals surface area contributed by atoms with E-state index in [1.54, 1.807) is 4.57 Å². The van der Waals surface area contributed by atoms with Gasteiger partial charge in [-0.1, -0.05) is 18.9 Å². The van der Waals surface area contributed by atoms with Crippen molar-refractivity contribution in [3.63, 3.8) is 0 Å². The number of fused-ring (bicyclic) bond motifs is 2. The molecule has 21 heavy (non-hydrogen) atoms. The summed E-state index contributed by atoms with van der Waals surface area (Å²) in [5, 5.41) is 0.0535. The van der Waals surface area contributed by atoms with E-state index in [0.717, 1.165) is 22.9 Å². The summed E-state index contributed by atoms with van der Waals surface area (Å²) in [5.41, 5.74) is 2.62. The Labute approximate surface area is 128 Å². The second-order valence-electron chi connectivity index (χ2n) is 6.43. The van der Waals surface area contributed by atoms with Crippen molar-refractivity contribution in [1.29, 1.82) is 0 Å². The predicted octanol–water partition coefficient (Wildman–Crippen LogP) is 4.33. The summed E-state index contributed by atoms with van der Waals surface area (Å²) in [6.07, 6.45) is 5.38. The molecule has 0 aliphatic heterocycles. The van der Waals surface area contributed by atoms with E-state index in [1.165, 1.54) is 25.7 Å². The number of alkyl halides is 1. The Balaban J connectivity index is 1.66. The highest BCUT2D eigenvalue weighted by Crippen LogP contribution is 2.62. The van der Waals surface area contributed by atoms with Gasteiger partial charge in [-0.3, -0.25) is 4.57 Å². The van der Waals surface area contributed by atoms with Gasteiger partial charge in [-0.2, -0.15) is 0 Å². The molecular weight excluding hydrogens is 286 g/mol. The molecule has 1 heterocycles. The summed E-state index contributed by atoms with van der Waals surface area (Å²) in [7, 11) is 0. The van der Waals surface area contributed by atoms with Gasteiger partial charge in [0.1, 0.15) is 0 Å². The number of aromatic nitrogens is 1. The largest absolute Gasteiger partial charge is 0.419 e. The van der Waals surface area contributed by atoms with Gasteiger partial charge in [-0.15, -0.1) is 11.6 Å². The van der Waals surface area contributed by atoms with Gasteiger partial charge in [-0.05, 0) is 55.2 Å². The van der Waals surface area contributed by atoms with Crippen LogP contribution in [0.3, 0.4) is 0 Å². The van der Waals surface area contributed by atoms with Crippen LogP contribution in [0.5, 0.6) is 0 Å². The monoisotopic (exact) mass is 305 g/mol. The number of halogens is 1. The van der Waals surface area contributed by atoms with E-state index < -0.39 is 0 Å². The van der Waals surface area contributed by atoms with Crippen LogP contribution in [0.1, 0.15) is 43.5 Å². The van der Waals surface area contributed by atoms with Crippen LogP contribution in [0.2, 0.25) is 0 Å². The first-order chi connectivity index (χ1) is 10.2. The molecule has 112 valence electrons. The third-order valence-corrected chi connectivity index (χ3v) is 5.93. The average molecular weight is 306 g/mol. The van der Waals surface area contributed by atoms with Crippen LogP contribution >= 0.6 is 11.6 Å². The maximum absolute atomic E-state index is 11.8. The van der Waals surface area contributed by atoms with Crippen molar-refractivity contribution in [3.05, 3.63) is 34.3 Å². The van der Waals surface area contributed by atoms with E-state index in [-0.39, 0.29) is 11.1 Å². The molecule has 0 N–H and O–H groups in total. The highest BCUT2D eigenvalue weighted by atomic mass is 35.5. The molecule has 2 saturated carbocycles. The Morgan fingerprint density at radius 1 is 1.33 bits per heavy atom. The Morgan fingerprint density at radius 2 is 2.05 bits per heavy atom. The van der Waals surface area contributed by atoms with Crippen molar-refractivity contribution in [2.24, 2.45) is 17.8 Å². The van der Waals surface area contributed by atoms with Gasteiger partial charge < -0.3 is 4.42 Å². The summed E-state index contributed by atoms with van der Waals surface area (Å²) in [6, 6.07) is 6.00. The number of hydrogen-bond acceptors (Lipinski definition) is 2. The fraction of sp³-hybridized carbons (Fsp3) is 0.588. The first-order valence-corrected chi connectivity index (χ1v) is 8.41. The first-order valence-electron chi connectivity index (χ1n) is 7.98. The third kappa shape index (κ3) is 2.05. The number of aryl methyl sites for hydroxylation is 1. The van der Waals surface area contributed by atoms with Crippen molar-refractivity contribution in [1.82, 2.24) is 4.57 Å². The number of hydrogen-bond donors (Lipinski definition) is 0. The quantitative estimate of drug-likeness (QED) is 0.791. The van der Waals surface area contributed by atoms with Crippen LogP contribution in [0.25, 0.3) is 11.1 Å². The lowest BCUT2D eigenvalue weighted by atomic mass is 10.0. The molecule has 3 unspecified atom stereocenters. The second-order valence-corrected chi connectivity index (χ2v) is 6.90. The minimum atomic E-state index is -0.282. The van der Waals surface area contributed by atoms with E-state index in [4.69, 9.17) is 16.0 Å². The topological polar surface area (TPSA) is 35.1 Å². The molecule has 4 heteroatoms. The maximum Gasteiger partial charge on any atom is 0.419 e. The van der Waals surface area contributed by atoms with Crippen LogP contribution in [-0.2, 0) is 6.54 Å². The lowest BCUT2D eigenvalue weighted by Crippen LogP contribution is -2.11. The van der Waals surface area contributed by atoms with Gasteiger partial charge in [0.25, 0.3) is 0 Å². The van der Waals surface area contributed by atoms with Crippen molar-refractivity contribution in [3.8, 4) is 0 Å². The fourth-order valence-electron chi connectivity index (χ4n) is 4.26. The normalized spacial score (nSPS) is 29.3. The van der Waals surface area contributed by atoms with Crippen LogP contribution in [0.4, 0.5) is 0 Å². The van der Waals surface area contributed by atoms with E-state index in [9.17, 15) is 4.79 Å². The van der Waals surface area contributed by atoms with E-state index in [0.29, 0.717) is 18.0 Å². The van der Waals surface area contributed by atoms with Crippen molar-refractivity contribution >= 4 is 22.7 Å². The maximum atomic E-state index is 11.8. The van der Waals surface area contributed by atoms with Crippen LogP contribution in [0, 0.1) is 17.8 Å². The Kier molecular flexibility index (Phi) is 3.14. The molecule has 1 aromatic heterocycles. The lowest BCUT2D eigenvalue weighted by molar-refractivity contribution is 0.480. The van der Waals surface area contributed by atoms with Crippen molar-refractivity contribution in [2.45, 2.75) is 44.5 Å². The average Bonchev–Trinajstić information content (AvgIpc) is 3.14. The third-order valence-electron chi connectivity index (χ3n) is 5.39. The van der Waals surface area contributed by atoms with Gasteiger partial charge in [0.2, 0.25) is 0 Å². The highest BCUT2D eigenvalue weighted by Gasteiger charge is 2.53. The molecule has 2 aromatic rings. The van der Waals surface area contributed by atoms with Crippen LogP contribution < -0.4 is 5.76 Å². The Morgan fingerprint density at radius 3 is 2.71 bits per heavy atom. The number of benzene rings is 1. The Bertz CT molecular complexity index is 720. The van der Waals surface area contributed by atoms with Gasteiger partial charge in [0, 0.05) is 6.54 Å². The molecule has 3 nitrogen and oxygen atoms in total. The van der Waals surface area contributed by atoms with E-state index in [1.807, 2.05) is 19.1 Å². The molecule has 0 amide bonds. The molecule has 2 fully saturated rings. The second kappa shape index (κ2) is 4.91. The SMILES string of the molecule is CCn1c(=O)oc2cc(C(Cl)C3C4CCCCC43)ccc21. The minimum absolute atomic E-state index is 0.0535. The molecule has 3 atom stereocenters. The Hall–Kier alpha value is -1.22. The number of nitrogens with zero attached hydrogens (tertiary/aromatic N) is 1. The summed E-state index contributed by atoms with van der Waals surface area (Å²) < 4.78 is 7.00. The number of rotatable bonds is 3. The molecule has 2 aliphatic rings. The first kappa shape index (κ1) is 13.4. The molecular formula is C17H20ClNO2. The highest BCUT2D eigenvalue weighted by molar-refractivity contribution is 6.21. The van der Waals surface area contributed by atoms with Crippen molar-refractivity contribution < 1.29 is 4.42 Å². The number of oxazole rings is 1. The van der Waals surface area contributed by atoms with Crippen LogP contribution in [-0.4, -0.2) is 4.57 Å². The summed E-state index contributed by atoms with van der Waals surface area (Å²) in [4.78, 5) is 11.8. The van der Waals surface area contributed by atoms with Crippen molar-refractivity contribution in [2.75, 3.05) is 0 Å². The van der Waals surface area contributed by atoms with Gasteiger partial charge in [0.05, 0.1) is 10.9 Å². The molecule has 2 aliphatic carbocycles. The molecule has 4 rings (SSSR count). The summed E-state index contributed by atoms with van der Waals surface area (Å²) in [6.45, 7) is 2.58. The molecule has 1 aromatic carbocycles. The minimum Gasteiger partial charge on any atom is -0.408 e. The zero-order valence-electron chi connectivity index (χ0n) is 12.2. The van der Waals surface area contributed by atoms with Gasteiger partial charge >= 0.3 is 5.76 Å². The fourth-order valence-corrected chi connectivity index (χ4v) is 4.77. The lowest BCUT2D eigenvalue weighted by Gasteiger charge is -2.09. The van der Waals surface area contributed by atoms with E-state index in [2.05, 4.69) is 6.07 Å². The summed E-state index contributed by atoms with van der Waals surface area (Å²) in [5.74, 6) is 1.98. The standard InChI is InChI=1S/C17H20ClNO2/c1-2-19-13-8-7-10(9-14(13)21-17(19)20)16(18)15-11-5-3-4-6-12(11)15/h7-9,11-12,15-16H,2-6H2,1H3. The zero-order valence-corrected chi connectivity index (χ0v) is 13.0. The summed E-state index contributed by atoms with van der Waals surface area (Å²) >= 11 is 6.73. The van der Waals surface area contributed by atoms with E-state index >= 15 is 0 Å². The van der Waals surface area contributed by atoms with Crippen LogP contribution in [0.15, 0.2) is 27.4 Å². The molecule has 0 spiro atoms. The predicted molar refractivity (Wildman–Crippen MR) is 83.7 cm³/mol. The van der Waals surface area contributed by atoms with Gasteiger partial charge in [-0.25, -0.2) is 4.79 Å².